The first-order valence-electron chi connectivity index (χ1n) is 4.87. The number of para-hydroxylation sites is 1. The molecule has 1 aromatic carbocycles. The van der Waals surface area contributed by atoms with E-state index in [2.05, 4.69) is 25.8 Å². The number of nitrogens with two attached hydrogens (primary N) is 1. The topological polar surface area (TPSA) is 30.9 Å². The van der Waals surface area contributed by atoms with Crippen molar-refractivity contribution in [2.45, 2.75) is 0 Å². The monoisotopic (exact) mass is 232 g/mol. The van der Waals surface area contributed by atoms with Crippen molar-refractivity contribution in [1.82, 2.24) is 4.68 Å². The second kappa shape index (κ2) is 5.47. The molecule has 0 unspecified atom stereocenters. The molecule has 0 radical (unpaired) electrons. The van der Waals surface area contributed by atoms with Gasteiger partial charge in [0.1, 0.15) is 0 Å². The molecular weight excluding hydrogens is 216 g/mol. The fraction of sp³-hybridized carbons (Fsp3) is 0.0769. The molecule has 0 aliphatic heterocycles. The van der Waals surface area contributed by atoms with Gasteiger partial charge >= 0.3 is 0 Å². The predicted octanol–water partition coefficient (Wildman–Crippen LogP) is 3.19. The van der Waals surface area contributed by atoms with E-state index in [9.17, 15) is 0 Å². The molecule has 2 nitrogen and oxygen atoms in total. The van der Waals surface area contributed by atoms with Crippen molar-refractivity contribution in [2.24, 2.45) is 0 Å². The van der Waals surface area contributed by atoms with Crippen LogP contribution in [0.2, 0.25) is 0 Å². The molecule has 0 atom stereocenters. The number of benzene rings is 1. The highest BCUT2D eigenvalue weighted by molar-refractivity contribution is 7.79. The normalized spacial score (nSPS) is 9.38. The van der Waals surface area contributed by atoms with E-state index in [4.69, 9.17) is 5.84 Å². The van der Waals surface area contributed by atoms with E-state index in [0.717, 1.165) is 22.2 Å². The number of thiol groups is 1. The summed E-state index contributed by atoms with van der Waals surface area (Å²) >= 11 is 3.53. The Balaban J connectivity index is 0.000000606. The van der Waals surface area contributed by atoms with Gasteiger partial charge in [0.2, 0.25) is 0 Å². The zero-order valence-electron chi connectivity index (χ0n) is 9.35. The molecule has 84 valence electrons. The first kappa shape index (κ1) is 12.5. The lowest BCUT2D eigenvalue weighted by molar-refractivity contribution is 1.05. The van der Waals surface area contributed by atoms with E-state index in [1.54, 1.807) is 17.0 Å². The van der Waals surface area contributed by atoms with Crippen LogP contribution in [0.25, 0.3) is 23.1 Å². The molecule has 0 saturated heterocycles. The largest absolute Gasteiger partial charge is 0.339 e. The van der Waals surface area contributed by atoms with Crippen LogP contribution in [0.4, 0.5) is 0 Å². The van der Waals surface area contributed by atoms with E-state index >= 15 is 0 Å². The zero-order chi connectivity index (χ0) is 12.1. The van der Waals surface area contributed by atoms with Gasteiger partial charge in [0.15, 0.2) is 0 Å². The lowest BCUT2D eigenvalue weighted by Gasteiger charge is -1.98. The molecule has 1 heterocycles. The Labute approximate surface area is 101 Å². The van der Waals surface area contributed by atoms with E-state index < -0.39 is 0 Å². The molecular formula is C13H16N2S. The van der Waals surface area contributed by atoms with Crippen LogP contribution >= 0.6 is 12.6 Å². The minimum absolute atomic E-state index is 0.904. The second-order valence-electron chi connectivity index (χ2n) is 3.09. The van der Waals surface area contributed by atoms with Crippen LogP contribution in [0, 0.1) is 0 Å². The summed E-state index contributed by atoms with van der Waals surface area (Å²) in [5.41, 5.74) is 2.94. The number of nitrogens with zero attached hydrogens (tertiary/aromatic N) is 1. The number of hydrogen-bond donors (Lipinski definition) is 2. The zero-order valence-corrected chi connectivity index (χ0v) is 10.2. The van der Waals surface area contributed by atoms with Gasteiger partial charge in [-0.1, -0.05) is 37.4 Å². The van der Waals surface area contributed by atoms with Gasteiger partial charge in [0.25, 0.3) is 0 Å². The van der Waals surface area contributed by atoms with Gasteiger partial charge in [-0.2, -0.15) is 12.6 Å². The third kappa shape index (κ3) is 1.86. The van der Waals surface area contributed by atoms with Crippen LogP contribution in [0.3, 0.4) is 0 Å². The summed E-state index contributed by atoms with van der Waals surface area (Å²) in [6.07, 6.45) is 5.25. The quantitative estimate of drug-likeness (QED) is 0.604. The molecule has 0 aliphatic rings. The maximum atomic E-state index is 5.92. The highest BCUT2D eigenvalue weighted by Crippen LogP contribution is 2.25. The van der Waals surface area contributed by atoms with Crippen LogP contribution < -0.4 is 5.84 Å². The summed E-state index contributed by atoms with van der Waals surface area (Å²) in [6, 6.07) is 7.96. The van der Waals surface area contributed by atoms with Gasteiger partial charge in [0, 0.05) is 10.9 Å². The van der Waals surface area contributed by atoms with Crippen molar-refractivity contribution in [3.8, 4) is 0 Å². The van der Waals surface area contributed by atoms with Gasteiger partial charge in [-0.05, 0) is 18.4 Å². The van der Waals surface area contributed by atoms with Crippen molar-refractivity contribution < 1.29 is 0 Å². The van der Waals surface area contributed by atoms with E-state index in [-0.39, 0.29) is 0 Å². The maximum Gasteiger partial charge on any atom is 0.0703 e. The third-order valence-corrected chi connectivity index (χ3v) is 2.39. The van der Waals surface area contributed by atoms with Gasteiger partial charge < -0.3 is 5.84 Å². The van der Waals surface area contributed by atoms with Crippen LogP contribution in [-0.4, -0.2) is 10.9 Å². The molecule has 0 amide bonds. The summed E-state index contributed by atoms with van der Waals surface area (Å²) in [4.78, 5) is 0. The highest BCUT2D eigenvalue weighted by atomic mass is 32.1. The lowest BCUT2D eigenvalue weighted by atomic mass is 10.1. The number of hydrogen-bond acceptors (Lipinski definition) is 2. The van der Waals surface area contributed by atoms with Gasteiger partial charge in [-0.15, -0.1) is 0 Å². The highest BCUT2D eigenvalue weighted by Gasteiger charge is 2.09. The number of aromatic nitrogens is 1. The number of rotatable bonds is 2. The average molecular weight is 232 g/mol. The van der Waals surface area contributed by atoms with E-state index in [0.29, 0.717) is 0 Å². The van der Waals surface area contributed by atoms with Crippen molar-refractivity contribution in [1.29, 1.82) is 0 Å². The first-order valence-corrected chi connectivity index (χ1v) is 5.77. The van der Waals surface area contributed by atoms with E-state index in [1.807, 2.05) is 30.3 Å². The van der Waals surface area contributed by atoms with Crippen molar-refractivity contribution in [3.05, 3.63) is 48.7 Å². The van der Waals surface area contributed by atoms with Gasteiger partial charge in [0.05, 0.1) is 11.2 Å². The smallest absolute Gasteiger partial charge is 0.0703 e. The van der Waals surface area contributed by atoms with Gasteiger partial charge in [-0.25, -0.2) is 0 Å². The average Bonchev–Trinajstić information content (AvgIpc) is 2.64. The Morgan fingerprint density at radius 3 is 2.38 bits per heavy atom. The minimum atomic E-state index is 0.904. The lowest BCUT2D eigenvalue weighted by Crippen LogP contribution is -2.09. The van der Waals surface area contributed by atoms with E-state index in [1.165, 1.54) is 0 Å². The summed E-state index contributed by atoms with van der Waals surface area (Å²) in [7, 11) is 0. The van der Waals surface area contributed by atoms with Crippen molar-refractivity contribution >= 4 is 35.7 Å². The Kier molecular flexibility index (Phi) is 4.26. The van der Waals surface area contributed by atoms with Crippen molar-refractivity contribution in [3.63, 3.8) is 0 Å². The molecule has 0 aliphatic carbocycles. The second-order valence-corrected chi connectivity index (χ2v) is 3.09. The molecule has 2 N–H and O–H groups in total. The molecule has 0 saturated carbocycles. The third-order valence-electron chi connectivity index (χ3n) is 2.39. The van der Waals surface area contributed by atoms with Crippen LogP contribution in [-0.2, 0) is 0 Å². The molecule has 0 fully saturated rings. The van der Waals surface area contributed by atoms with Gasteiger partial charge in [-0.3, -0.25) is 4.68 Å². The Morgan fingerprint density at radius 1 is 1.19 bits per heavy atom. The maximum absolute atomic E-state index is 5.92. The molecule has 0 spiro atoms. The Hall–Kier alpha value is -1.61. The summed E-state index contributed by atoms with van der Waals surface area (Å²) in [5, 5.41) is 1.11. The van der Waals surface area contributed by atoms with Crippen LogP contribution in [0.15, 0.2) is 37.4 Å². The molecule has 16 heavy (non-hydrogen) atoms. The molecule has 0 bridgehead atoms. The van der Waals surface area contributed by atoms with Crippen LogP contribution in [0.5, 0.6) is 0 Å². The minimum Gasteiger partial charge on any atom is -0.339 e. The SMILES string of the molecule is C=Cc1c(C=C)n(N)c2ccccc12.CS. The predicted molar refractivity (Wildman–Crippen MR) is 77.2 cm³/mol. The van der Waals surface area contributed by atoms with Crippen molar-refractivity contribution in [2.75, 3.05) is 12.1 Å². The number of fused-ring (bicyclic) bond motifs is 1. The Bertz CT molecular complexity index is 512. The molecule has 2 aromatic rings. The summed E-state index contributed by atoms with van der Waals surface area (Å²) < 4.78 is 1.64. The standard InChI is InChI=1S/C12H12N2.CH4S/c1-3-9-10-7-5-6-8-12(10)14(13)11(9)4-2;1-2/h3-8H,1-2,13H2;2H,1H3. The fourth-order valence-corrected chi connectivity index (χ4v) is 1.73. The fourth-order valence-electron chi connectivity index (χ4n) is 1.73. The molecule has 2 rings (SSSR count). The van der Waals surface area contributed by atoms with Crippen LogP contribution in [0.1, 0.15) is 11.3 Å². The molecule has 1 aromatic heterocycles. The molecule has 3 heteroatoms. The summed E-state index contributed by atoms with van der Waals surface area (Å²) in [6.45, 7) is 7.53. The first-order chi connectivity index (χ1) is 7.79. The Morgan fingerprint density at radius 2 is 1.81 bits per heavy atom. The number of nitrogen functional groups attached to an aromatic ring is 1. The summed E-state index contributed by atoms with van der Waals surface area (Å²) in [5.74, 6) is 5.92.